The van der Waals surface area contributed by atoms with Gasteiger partial charge >= 0.3 is 0 Å². The van der Waals surface area contributed by atoms with Crippen molar-refractivity contribution in [1.82, 2.24) is 10.3 Å². The zero-order valence-electron chi connectivity index (χ0n) is 15.6. The highest BCUT2D eigenvalue weighted by Crippen LogP contribution is 2.38. The Morgan fingerprint density at radius 2 is 2.18 bits per heavy atom. The molecule has 0 atom stereocenters. The molecular formula is C20H20F2N2O3S. The summed E-state index contributed by atoms with van der Waals surface area (Å²) in [6.45, 7) is 3.95. The molecule has 1 fully saturated rings. The number of alkyl halides is 2. The predicted octanol–water partition coefficient (Wildman–Crippen LogP) is 5.00. The molecule has 0 radical (unpaired) electrons. The lowest BCUT2D eigenvalue weighted by molar-refractivity contribution is -0.0150. The van der Waals surface area contributed by atoms with Gasteiger partial charge in [0.05, 0.1) is 15.4 Å². The number of aryl methyl sites for hydroxylation is 2. The van der Waals surface area contributed by atoms with Crippen molar-refractivity contribution in [3.8, 4) is 5.75 Å². The second-order valence-electron chi connectivity index (χ2n) is 7.09. The molecule has 1 aliphatic carbocycles. The Balaban J connectivity index is 1.59. The standard InChI is InChI=1S/C20H20F2N2O3S/c1-11-17(18(25)24-20(19(21)22)6-3-7-20)15-8-13(4-5-16(15)27-11)26-10-14-9-23-12(2)28-14/h4-5,8-9,19H,3,6-7,10H2,1-2H3,(H,24,25). The first-order valence-electron chi connectivity index (χ1n) is 9.06. The first-order chi connectivity index (χ1) is 13.4. The van der Waals surface area contributed by atoms with E-state index in [-0.39, 0.29) is 18.4 Å². The maximum absolute atomic E-state index is 13.4. The van der Waals surface area contributed by atoms with Crippen molar-refractivity contribution in [1.29, 1.82) is 0 Å². The number of hydrogen-bond donors (Lipinski definition) is 1. The SMILES string of the molecule is Cc1ncc(COc2ccc3oc(C)c(C(=O)NC4(C(F)F)CCC4)c3c2)s1. The molecule has 1 amide bonds. The average molecular weight is 406 g/mol. The van der Waals surface area contributed by atoms with Crippen LogP contribution in [-0.2, 0) is 6.61 Å². The van der Waals surface area contributed by atoms with Gasteiger partial charge in [-0.25, -0.2) is 13.8 Å². The summed E-state index contributed by atoms with van der Waals surface area (Å²) in [7, 11) is 0. The second kappa shape index (κ2) is 7.16. The van der Waals surface area contributed by atoms with E-state index in [1.54, 1.807) is 42.7 Å². The number of ether oxygens (including phenoxy) is 1. The number of furan rings is 1. The van der Waals surface area contributed by atoms with E-state index in [9.17, 15) is 13.6 Å². The van der Waals surface area contributed by atoms with Crippen molar-refractivity contribution < 1.29 is 22.7 Å². The zero-order chi connectivity index (χ0) is 19.9. The van der Waals surface area contributed by atoms with Gasteiger partial charge in [-0.2, -0.15) is 0 Å². The average Bonchev–Trinajstić information content (AvgIpc) is 3.17. The molecule has 1 saturated carbocycles. The van der Waals surface area contributed by atoms with Crippen LogP contribution < -0.4 is 10.1 Å². The number of carbonyl (C=O) groups excluding carboxylic acids is 1. The summed E-state index contributed by atoms with van der Waals surface area (Å²) in [5, 5.41) is 4.06. The van der Waals surface area contributed by atoms with Crippen molar-refractivity contribution in [2.24, 2.45) is 0 Å². The minimum Gasteiger partial charge on any atom is -0.488 e. The first kappa shape index (κ1) is 18.9. The monoisotopic (exact) mass is 406 g/mol. The summed E-state index contributed by atoms with van der Waals surface area (Å²) < 4.78 is 38.3. The van der Waals surface area contributed by atoms with Crippen LogP contribution in [0.25, 0.3) is 11.0 Å². The molecular weight excluding hydrogens is 386 g/mol. The Bertz CT molecular complexity index is 1020. The normalized spacial score (nSPS) is 15.6. The van der Waals surface area contributed by atoms with Crippen LogP contribution in [0.15, 0.2) is 28.8 Å². The molecule has 2 aromatic heterocycles. The highest BCUT2D eigenvalue weighted by Gasteiger charge is 2.47. The van der Waals surface area contributed by atoms with Crippen molar-refractivity contribution in [3.63, 3.8) is 0 Å². The van der Waals surface area contributed by atoms with Gasteiger partial charge < -0.3 is 14.5 Å². The number of thiazole rings is 1. The number of amides is 1. The van der Waals surface area contributed by atoms with Crippen molar-refractivity contribution in [2.45, 2.75) is 51.7 Å². The highest BCUT2D eigenvalue weighted by atomic mass is 32.1. The van der Waals surface area contributed by atoms with E-state index in [1.807, 2.05) is 6.92 Å². The molecule has 1 aliphatic rings. The number of fused-ring (bicyclic) bond motifs is 1. The molecule has 148 valence electrons. The Hall–Kier alpha value is -2.48. The number of nitrogens with one attached hydrogen (secondary N) is 1. The molecule has 0 saturated heterocycles. The third kappa shape index (κ3) is 3.37. The van der Waals surface area contributed by atoms with Gasteiger partial charge in [0.15, 0.2) is 0 Å². The number of halogens is 2. The van der Waals surface area contributed by atoms with Crippen molar-refractivity contribution in [3.05, 3.63) is 45.6 Å². The minimum atomic E-state index is -2.59. The minimum absolute atomic E-state index is 0.279. The van der Waals surface area contributed by atoms with Crippen LogP contribution >= 0.6 is 11.3 Å². The largest absolute Gasteiger partial charge is 0.488 e. The molecule has 1 aromatic carbocycles. The fourth-order valence-corrected chi connectivity index (χ4v) is 4.15. The maximum Gasteiger partial charge on any atom is 0.261 e. The number of hydrogen-bond acceptors (Lipinski definition) is 5. The van der Waals surface area contributed by atoms with Crippen LogP contribution in [0, 0.1) is 13.8 Å². The Kier molecular flexibility index (Phi) is 4.82. The van der Waals surface area contributed by atoms with Gasteiger partial charge in [-0.05, 0) is 51.3 Å². The molecule has 8 heteroatoms. The van der Waals surface area contributed by atoms with Gasteiger partial charge in [0.1, 0.15) is 29.2 Å². The second-order valence-corrected chi connectivity index (χ2v) is 8.41. The summed E-state index contributed by atoms with van der Waals surface area (Å²) in [6.07, 6.45) is 0.430. The lowest BCUT2D eigenvalue weighted by Crippen LogP contribution is -2.58. The quantitative estimate of drug-likeness (QED) is 0.626. The smallest absolute Gasteiger partial charge is 0.261 e. The third-order valence-electron chi connectivity index (χ3n) is 5.14. The van der Waals surface area contributed by atoms with E-state index in [2.05, 4.69) is 10.3 Å². The van der Waals surface area contributed by atoms with E-state index in [0.717, 1.165) is 9.88 Å². The van der Waals surface area contributed by atoms with E-state index in [4.69, 9.17) is 9.15 Å². The number of rotatable bonds is 6. The number of benzene rings is 1. The summed E-state index contributed by atoms with van der Waals surface area (Å²) in [5.41, 5.74) is -0.630. The van der Waals surface area contributed by atoms with E-state index in [0.29, 0.717) is 35.5 Å². The van der Waals surface area contributed by atoms with Crippen LogP contribution in [0.2, 0.25) is 0 Å². The third-order valence-corrected chi connectivity index (χ3v) is 6.03. The van der Waals surface area contributed by atoms with Crippen LogP contribution in [0.3, 0.4) is 0 Å². The molecule has 5 nitrogen and oxygen atoms in total. The Morgan fingerprint density at radius 1 is 1.39 bits per heavy atom. The first-order valence-corrected chi connectivity index (χ1v) is 9.87. The van der Waals surface area contributed by atoms with Gasteiger partial charge in [0.2, 0.25) is 0 Å². The predicted molar refractivity (Wildman–Crippen MR) is 102 cm³/mol. The van der Waals surface area contributed by atoms with Gasteiger partial charge in [-0.1, -0.05) is 0 Å². The summed E-state index contributed by atoms with van der Waals surface area (Å²) in [5.74, 6) is 0.429. The number of carbonyl (C=O) groups is 1. The van der Waals surface area contributed by atoms with Gasteiger partial charge in [-0.3, -0.25) is 4.79 Å². The van der Waals surface area contributed by atoms with Gasteiger partial charge in [-0.15, -0.1) is 11.3 Å². The van der Waals surface area contributed by atoms with E-state index in [1.165, 1.54) is 0 Å². The lowest BCUT2D eigenvalue weighted by atomic mass is 9.77. The summed E-state index contributed by atoms with van der Waals surface area (Å²) in [4.78, 5) is 18.0. The topological polar surface area (TPSA) is 64.4 Å². The Morgan fingerprint density at radius 3 is 2.79 bits per heavy atom. The van der Waals surface area contributed by atoms with Crippen molar-refractivity contribution >= 4 is 28.2 Å². The molecule has 4 rings (SSSR count). The molecule has 2 heterocycles. The fraction of sp³-hybridized carbons (Fsp3) is 0.400. The van der Waals surface area contributed by atoms with Crippen LogP contribution in [-0.4, -0.2) is 22.9 Å². The molecule has 0 unspecified atom stereocenters. The van der Waals surface area contributed by atoms with Crippen LogP contribution in [0.1, 0.15) is 45.3 Å². The lowest BCUT2D eigenvalue weighted by Gasteiger charge is -2.41. The molecule has 0 spiro atoms. The van der Waals surface area contributed by atoms with E-state index < -0.39 is 17.9 Å². The van der Waals surface area contributed by atoms with Crippen LogP contribution in [0.5, 0.6) is 5.75 Å². The molecule has 0 bridgehead atoms. The maximum atomic E-state index is 13.4. The number of aromatic nitrogens is 1. The fourth-order valence-electron chi connectivity index (χ4n) is 3.44. The molecule has 1 N–H and O–H groups in total. The van der Waals surface area contributed by atoms with Crippen molar-refractivity contribution in [2.75, 3.05) is 0 Å². The number of nitrogens with zero attached hydrogens (tertiary/aromatic N) is 1. The van der Waals surface area contributed by atoms with Gasteiger partial charge in [0.25, 0.3) is 12.3 Å². The molecule has 3 aromatic rings. The molecule has 0 aliphatic heterocycles. The summed E-state index contributed by atoms with van der Waals surface area (Å²) >= 11 is 1.55. The zero-order valence-corrected chi connectivity index (χ0v) is 16.4. The van der Waals surface area contributed by atoms with Crippen LogP contribution in [0.4, 0.5) is 8.78 Å². The highest BCUT2D eigenvalue weighted by molar-refractivity contribution is 7.11. The van der Waals surface area contributed by atoms with E-state index >= 15 is 0 Å². The molecule has 28 heavy (non-hydrogen) atoms. The van der Waals surface area contributed by atoms with Gasteiger partial charge in [0, 0.05) is 11.6 Å². The Labute approximate surface area is 164 Å². The summed E-state index contributed by atoms with van der Waals surface area (Å²) in [6, 6.07) is 5.19.